The van der Waals surface area contributed by atoms with Gasteiger partial charge in [-0.25, -0.2) is 9.78 Å². The maximum absolute atomic E-state index is 13.0. The van der Waals surface area contributed by atoms with Crippen molar-refractivity contribution in [1.29, 1.82) is 0 Å². The zero-order valence-electron chi connectivity index (χ0n) is 18.3. The molecule has 0 unspecified atom stereocenters. The van der Waals surface area contributed by atoms with E-state index in [1.807, 2.05) is 42.6 Å². The lowest BCUT2D eigenvalue weighted by atomic mass is 10.1. The molecule has 0 radical (unpaired) electrons. The fourth-order valence-corrected chi connectivity index (χ4v) is 5.18. The predicted octanol–water partition coefficient (Wildman–Crippen LogP) is 5.08. The van der Waals surface area contributed by atoms with E-state index in [1.54, 1.807) is 12.1 Å². The molecule has 7 nitrogen and oxygen atoms in total. The number of amides is 1. The number of fused-ring (bicyclic) bond motifs is 1. The summed E-state index contributed by atoms with van der Waals surface area (Å²) in [4.78, 5) is 34.0. The van der Waals surface area contributed by atoms with Crippen molar-refractivity contribution in [2.24, 2.45) is 0 Å². The highest BCUT2D eigenvalue weighted by Crippen LogP contribution is 2.33. The van der Waals surface area contributed by atoms with E-state index in [4.69, 9.17) is 22.3 Å². The van der Waals surface area contributed by atoms with E-state index in [0.717, 1.165) is 22.2 Å². The number of carbonyl (C=O) groups is 2. The molecule has 0 spiro atoms. The Labute approximate surface area is 210 Å². The lowest BCUT2D eigenvalue weighted by Crippen LogP contribution is -2.30. The third kappa shape index (κ3) is 4.68. The number of aromatic nitrogens is 2. The largest absolute Gasteiger partial charge is 0.507 e. The number of aromatic hydroxyl groups is 1. The van der Waals surface area contributed by atoms with Crippen LogP contribution in [-0.4, -0.2) is 47.8 Å². The number of aromatic carboxylic acids is 1. The zero-order valence-corrected chi connectivity index (χ0v) is 19.9. The Hall–Kier alpha value is -3.95. The summed E-state index contributed by atoms with van der Waals surface area (Å²) in [6, 6.07) is 18.2. The van der Waals surface area contributed by atoms with Crippen molar-refractivity contribution < 1.29 is 19.8 Å². The predicted molar refractivity (Wildman–Crippen MR) is 140 cm³/mol. The van der Waals surface area contributed by atoms with Gasteiger partial charge in [-0.3, -0.25) is 9.69 Å². The molecular weight excluding hydrogens is 482 g/mol. The molecule has 1 amide bonds. The second kappa shape index (κ2) is 9.36. The van der Waals surface area contributed by atoms with E-state index in [1.165, 1.54) is 28.8 Å². The maximum atomic E-state index is 13.0. The van der Waals surface area contributed by atoms with E-state index in [0.29, 0.717) is 33.4 Å². The van der Waals surface area contributed by atoms with Crippen LogP contribution in [0.4, 0.5) is 0 Å². The highest BCUT2D eigenvalue weighted by Gasteiger charge is 2.31. The second-order valence-electron chi connectivity index (χ2n) is 7.97. The Balaban J connectivity index is 1.32. The van der Waals surface area contributed by atoms with Crippen molar-refractivity contribution in [1.82, 2.24) is 14.9 Å². The summed E-state index contributed by atoms with van der Waals surface area (Å²) in [5.74, 6) is -1.70. The standard InChI is InChI=1S/C26H19N3O4S2/c30-22-12-15(4-6-19(22)25(32)33)9-11-29-24(31)23(35-26(29)34)14-18-2-1-3-21(28-18)16-5-7-20-17(13-16)8-10-27-20/h1-8,10,12-14,27,30H,9,11H2,(H,32,33)/b23-14-. The van der Waals surface area contributed by atoms with Gasteiger partial charge in [0.25, 0.3) is 5.91 Å². The average molecular weight is 502 g/mol. The molecule has 0 saturated carbocycles. The number of pyridine rings is 1. The van der Waals surface area contributed by atoms with Crippen LogP contribution in [0.5, 0.6) is 5.75 Å². The molecule has 0 bridgehead atoms. The summed E-state index contributed by atoms with van der Waals surface area (Å²) in [6.45, 7) is 0.317. The molecule has 5 rings (SSSR count). The van der Waals surface area contributed by atoms with Crippen LogP contribution in [0.1, 0.15) is 21.6 Å². The van der Waals surface area contributed by atoms with Crippen molar-refractivity contribution >= 4 is 57.2 Å². The number of H-pyrrole nitrogens is 1. The highest BCUT2D eigenvalue weighted by molar-refractivity contribution is 8.26. The Morgan fingerprint density at radius 3 is 2.80 bits per heavy atom. The van der Waals surface area contributed by atoms with Gasteiger partial charge in [-0.05, 0) is 60.5 Å². The number of phenols is 1. The van der Waals surface area contributed by atoms with Gasteiger partial charge in [0.2, 0.25) is 0 Å². The first-order valence-corrected chi connectivity index (χ1v) is 12.0. The third-order valence-electron chi connectivity index (χ3n) is 5.69. The molecule has 0 atom stereocenters. The number of thiocarbonyl (C=S) groups is 1. The van der Waals surface area contributed by atoms with Crippen LogP contribution in [0.3, 0.4) is 0 Å². The first-order chi connectivity index (χ1) is 16.9. The Bertz CT molecular complexity index is 1530. The second-order valence-corrected chi connectivity index (χ2v) is 9.64. The average Bonchev–Trinajstić information content (AvgIpc) is 3.41. The monoisotopic (exact) mass is 501 g/mol. The van der Waals surface area contributed by atoms with Gasteiger partial charge in [0, 0.05) is 29.2 Å². The normalized spacial score (nSPS) is 14.9. The number of benzene rings is 2. The number of nitrogens with one attached hydrogen (secondary N) is 1. The molecule has 174 valence electrons. The molecule has 2 aromatic carbocycles. The van der Waals surface area contributed by atoms with Crippen molar-refractivity contribution in [2.75, 3.05) is 6.54 Å². The minimum absolute atomic E-state index is 0.162. The van der Waals surface area contributed by atoms with Gasteiger partial charge in [-0.1, -0.05) is 42.2 Å². The first-order valence-electron chi connectivity index (χ1n) is 10.7. The summed E-state index contributed by atoms with van der Waals surface area (Å²) < 4.78 is 0.446. The summed E-state index contributed by atoms with van der Waals surface area (Å²) >= 11 is 6.65. The van der Waals surface area contributed by atoms with E-state index in [-0.39, 0.29) is 17.2 Å². The van der Waals surface area contributed by atoms with Crippen molar-refractivity contribution in [3.63, 3.8) is 0 Å². The first kappa shape index (κ1) is 22.8. The van der Waals surface area contributed by atoms with Crippen molar-refractivity contribution in [3.05, 3.63) is 88.6 Å². The number of nitrogens with zero attached hydrogens (tertiary/aromatic N) is 2. The van der Waals surface area contributed by atoms with Crippen molar-refractivity contribution in [3.8, 4) is 17.0 Å². The van der Waals surface area contributed by atoms with Gasteiger partial charge in [0.05, 0.1) is 16.3 Å². The van der Waals surface area contributed by atoms with E-state index < -0.39 is 5.97 Å². The quantitative estimate of drug-likeness (QED) is 0.250. The van der Waals surface area contributed by atoms with Crippen LogP contribution in [0, 0.1) is 0 Å². The Kier molecular flexibility index (Phi) is 6.10. The molecule has 3 N–H and O–H groups in total. The van der Waals surface area contributed by atoms with Gasteiger partial charge in [-0.2, -0.15) is 0 Å². The summed E-state index contributed by atoms with van der Waals surface area (Å²) in [6.07, 6.45) is 4.06. The number of carbonyl (C=O) groups excluding carboxylic acids is 1. The number of hydrogen-bond acceptors (Lipinski definition) is 6. The number of carboxylic acids is 1. The van der Waals surface area contributed by atoms with Gasteiger partial charge < -0.3 is 15.2 Å². The van der Waals surface area contributed by atoms with E-state index in [2.05, 4.69) is 11.1 Å². The molecule has 1 aliphatic heterocycles. The number of thioether (sulfide) groups is 1. The molecule has 1 saturated heterocycles. The molecule has 0 aliphatic carbocycles. The van der Waals surface area contributed by atoms with Gasteiger partial charge in [-0.15, -0.1) is 0 Å². The summed E-state index contributed by atoms with van der Waals surface area (Å²) in [5.41, 5.74) is 4.05. The number of rotatable bonds is 6. The van der Waals surface area contributed by atoms with E-state index >= 15 is 0 Å². The molecule has 1 aliphatic rings. The maximum Gasteiger partial charge on any atom is 0.339 e. The lowest BCUT2D eigenvalue weighted by Gasteiger charge is -2.14. The highest BCUT2D eigenvalue weighted by atomic mass is 32.2. The fourth-order valence-electron chi connectivity index (χ4n) is 3.89. The number of aromatic amines is 1. The Morgan fingerprint density at radius 2 is 2.00 bits per heavy atom. The van der Waals surface area contributed by atoms with E-state index in [9.17, 15) is 14.7 Å². The van der Waals surface area contributed by atoms with Crippen LogP contribution in [0.15, 0.2) is 71.8 Å². The Morgan fingerprint density at radius 1 is 1.14 bits per heavy atom. The fraction of sp³-hybridized carbons (Fsp3) is 0.0769. The van der Waals surface area contributed by atoms with Crippen LogP contribution >= 0.6 is 24.0 Å². The molecular formula is C26H19N3O4S2. The van der Waals surface area contributed by atoms with Crippen molar-refractivity contribution in [2.45, 2.75) is 6.42 Å². The third-order valence-corrected chi connectivity index (χ3v) is 7.07. The van der Waals surface area contributed by atoms with Crippen LogP contribution < -0.4 is 0 Å². The molecule has 9 heteroatoms. The zero-order chi connectivity index (χ0) is 24.5. The lowest BCUT2D eigenvalue weighted by molar-refractivity contribution is -0.122. The molecule has 3 heterocycles. The van der Waals surface area contributed by atoms with Gasteiger partial charge in [0.15, 0.2) is 0 Å². The van der Waals surface area contributed by atoms with Crippen LogP contribution in [-0.2, 0) is 11.2 Å². The minimum atomic E-state index is -1.20. The smallest absolute Gasteiger partial charge is 0.339 e. The SMILES string of the molecule is O=C(O)c1ccc(CCN2C(=O)/C(=C/c3cccc(-c4ccc5[nH]ccc5c4)n3)SC2=S)cc1O. The molecule has 2 aromatic heterocycles. The van der Waals surface area contributed by atoms with Crippen LogP contribution in [0.2, 0.25) is 0 Å². The minimum Gasteiger partial charge on any atom is -0.507 e. The number of carboxylic acid groups (broad SMARTS) is 1. The number of hydrogen-bond donors (Lipinski definition) is 3. The topological polar surface area (TPSA) is 107 Å². The molecule has 1 fully saturated rings. The van der Waals surface area contributed by atoms with Gasteiger partial charge in [0.1, 0.15) is 15.6 Å². The van der Waals surface area contributed by atoms with Gasteiger partial charge >= 0.3 is 5.97 Å². The molecule has 4 aromatic rings. The summed E-state index contributed by atoms with van der Waals surface area (Å²) in [5, 5.41) is 20.0. The summed E-state index contributed by atoms with van der Waals surface area (Å²) in [7, 11) is 0. The molecule has 35 heavy (non-hydrogen) atoms. The van der Waals surface area contributed by atoms with Crippen LogP contribution in [0.25, 0.3) is 28.2 Å².